The van der Waals surface area contributed by atoms with Crippen LogP contribution in [0.2, 0.25) is 0 Å². The normalized spacial score (nSPS) is 20.7. The molecule has 0 saturated carbocycles. The number of ether oxygens (including phenoxy) is 1. The maximum absolute atomic E-state index is 12.7. The average molecular weight is 346 g/mol. The molecule has 0 aromatic heterocycles. The second-order valence-corrected chi connectivity index (χ2v) is 7.32. The fourth-order valence-electron chi connectivity index (χ4n) is 3.20. The highest BCUT2D eigenvalue weighted by Crippen LogP contribution is 2.31. The van der Waals surface area contributed by atoms with Gasteiger partial charge in [-0.2, -0.15) is 0 Å². The molecule has 1 aromatic carbocycles. The minimum Gasteiger partial charge on any atom is -0.462 e. The maximum Gasteiger partial charge on any atom is 0.338 e. The summed E-state index contributed by atoms with van der Waals surface area (Å²) < 4.78 is 5.01. The lowest BCUT2D eigenvalue weighted by Gasteiger charge is -2.34. The highest BCUT2D eigenvalue weighted by atomic mass is 16.5. The van der Waals surface area contributed by atoms with E-state index in [1.54, 1.807) is 19.1 Å². The van der Waals surface area contributed by atoms with E-state index in [4.69, 9.17) is 4.74 Å². The van der Waals surface area contributed by atoms with Gasteiger partial charge < -0.3 is 10.1 Å². The number of benzene rings is 1. The highest BCUT2D eigenvalue weighted by Gasteiger charge is 2.42. The summed E-state index contributed by atoms with van der Waals surface area (Å²) in [6.07, 6.45) is 1.89. The molecule has 138 valence electrons. The van der Waals surface area contributed by atoms with Gasteiger partial charge in [0.15, 0.2) is 0 Å². The van der Waals surface area contributed by atoms with E-state index in [2.05, 4.69) is 24.1 Å². The molecule has 1 aromatic rings. The molecular formula is C20H30N2O3. The van der Waals surface area contributed by atoms with Crippen LogP contribution in [-0.2, 0) is 16.1 Å². The lowest BCUT2D eigenvalue weighted by Crippen LogP contribution is -2.53. The van der Waals surface area contributed by atoms with Gasteiger partial charge in [0, 0.05) is 13.1 Å². The van der Waals surface area contributed by atoms with E-state index in [1.165, 1.54) is 0 Å². The third kappa shape index (κ3) is 4.82. The molecule has 1 fully saturated rings. The van der Waals surface area contributed by atoms with Crippen molar-refractivity contribution in [3.8, 4) is 0 Å². The molecule has 1 saturated heterocycles. The van der Waals surface area contributed by atoms with Gasteiger partial charge in [0.1, 0.15) is 0 Å². The molecule has 1 unspecified atom stereocenters. The van der Waals surface area contributed by atoms with Crippen LogP contribution in [0.3, 0.4) is 0 Å². The Morgan fingerprint density at radius 3 is 2.56 bits per heavy atom. The third-order valence-electron chi connectivity index (χ3n) is 4.79. The van der Waals surface area contributed by atoms with Crippen molar-refractivity contribution in [2.45, 2.75) is 52.6 Å². The van der Waals surface area contributed by atoms with E-state index in [0.29, 0.717) is 31.2 Å². The van der Waals surface area contributed by atoms with Crippen LogP contribution >= 0.6 is 0 Å². The number of esters is 1. The summed E-state index contributed by atoms with van der Waals surface area (Å²) in [5.41, 5.74) is 1.19. The first-order chi connectivity index (χ1) is 11.9. The van der Waals surface area contributed by atoms with E-state index in [0.717, 1.165) is 24.9 Å². The van der Waals surface area contributed by atoms with Gasteiger partial charge in [0.05, 0.1) is 17.7 Å². The number of carbonyl (C=O) groups excluding carboxylic acids is 2. The van der Waals surface area contributed by atoms with Gasteiger partial charge in [0.2, 0.25) is 5.91 Å². The number of carbonyl (C=O) groups is 2. The van der Waals surface area contributed by atoms with E-state index in [-0.39, 0.29) is 11.9 Å². The Labute approximate surface area is 150 Å². The fourth-order valence-corrected chi connectivity index (χ4v) is 3.20. The van der Waals surface area contributed by atoms with Gasteiger partial charge in [0.25, 0.3) is 0 Å². The monoisotopic (exact) mass is 346 g/mol. The second kappa shape index (κ2) is 8.48. The summed E-state index contributed by atoms with van der Waals surface area (Å²) in [6.45, 7) is 10.7. The Kier molecular flexibility index (Phi) is 6.59. The fraction of sp³-hybridized carbons (Fsp3) is 0.600. The summed E-state index contributed by atoms with van der Waals surface area (Å²) in [6, 6.07) is 7.47. The molecule has 1 N–H and O–H groups in total. The maximum atomic E-state index is 12.7. The van der Waals surface area contributed by atoms with Gasteiger partial charge in [-0.3, -0.25) is 9.69 Å². The van der Waals surface area contributed by atoms with Crippen molar-refractivity contribution < 1.29 is 14.3 Å². The Balaban J connectivity index is 2.03. The minimum absolute atomic E-state index is 0.113. The standard InChI is InChI=1S/C20H30N2O3/c1-5-25-18(23)17-9-7-16(8-10-17)14-22-12-6-11-20(22,4)19(24)21-13-15(2)3/h7-10,15H,5-6,11-14H2,1-4H3,(H,21,24). The van der Waals surface area contributed by atoms with Gasteiger partial charge in [-0.25, -0.2) is 4.79 Å². The number of hydrogen-bond donors (Lipinski definition) is 1. The topological polar surface area (TPSA) is 58.6 Å². The van der Waals surface area contributed by atoms with Crippen molar-refractivity contribution in [2.24, 2.45) is 5.92 Å². The van der Waals surface area contributed by atoms with Crippen LogP contribution in [0.4, 0.5) is 0 Å². The Bertz CT molecular complexity index is 597. The Morgan fingerprint density at radius 2 is 1.96 bits per heavy atom. The van der Waals surface area contributed by atoms with Crippen molar-refractivity contribution in [1.82, 2.24) is 10.2 Å². The number of nitrogens with zero attached hydrogens (tertiary/aromatic N) is 1. The van der Waals surface area contributed by atoms with Gasteiger partial charge in [-0.1, -0.05) is 26.0 Å². The molecule has 0 aliphatic carbocycles. The summed E-state index contributed by atoms with van der Waals surface area (Å²) in [5.74, 6) is 0.257. The van der Waals surface area contributed by atoms with E-state index < -0.39 is 5.54 Å². The molecule has 0 radical (unpaired) electrons. The SMILES string of the molecule is CCOC(=O)c1ccc(CN2CCCC2(C)C(=O)NCC(C)C)cc1. The second-order valence-electron chi connectivity index (χ2n) is 7.32. The van der Waals surface area contributed by atoms with Crippen LogP contribution in [0.1, 0.15) is 56.5 Å². The minimum atomic E-state index is -0.464. The van der Waals surface area contributed by atoms with Crippen LogP contribution in [0.25, 0.3) is 0 Å². The van der Waals surface area contributed by atoms with E-state index in [1.807, 2.05) is 19.1 Å². The largest absolute Gasteiger partial charge is 0.462 e. The molecule has 1 amide bonds. The zero-order valence-electron chi connectivity index (χ0n) is 15.8. The van der Waals surface area contributed by atoms with Crippen molar-refractivity contribution >= 4 is 11.9 Å². The van der Waals surface area contributed by atoms with Crippen molar-refractivity contribution in [1.29, 1.82) is 0 Å². The first-order valence-electron chi connectivity index (χ1n) is 9.16. The number of hydrogen-bond acceptors (Lipinski definition) is 4. The summed E-state index contributed by atoms with van der Waals surface area (Å²) in [7, 11) is 0. The lowest BCUT2D eigenvalue weighted by molar-refractivity contribution is -0.131. The van der Waals surface area contributed by atoms with E-state index in [9.17, 15) is 9.59 Å². The number of likely N-dealkylation sites (tertiary alicyclic amines) is 1. The predicted molar refractivity (Wildman–Crippen MR) is 98.3 cm³/mol. The number of nitrogens with one attached hydrogen (secondary N) is 1. The van der Waals surface area contributed by atoms with Crippen LogP contribution in [0, 0.1) is 5.92 Å². The molecule has 5 heteroatoms. The smallest absolute Gasteiger partial charge is 0.338 e. The molecular weight excluding hydrogens is 316 g/mol. The lowest BCUT2D eigenvalue weighted by atomic mass is 9.96. The van der Waals surface area contributed by atoms with Crippen LogP contribution < -0.4 is 5.32 Å². The van der Waals surface area contributed by atoms with Crippen molar-refractivity contribution in [2.75, 3.05) is 19.7 Å². The van der Waals surface area contributed by atoms with Gasteiger partial charge in [-0.05, 0) is 56.8 Å². The molecule has 5 nitrogen and oxygen atoms in total. The molecule has 25 heavy (non-hydrogen) atoms. The summed E-state index contributed by atoms with van der Waals surface area (Å²) in [4.78, 5) is 26.6. The summed E-state index contributed by atoms with van der Waals surface area (Å²) >= 11 is 0. The van der Waals surface area contributed by atoms with Gasteiger partial charge >= 0.3 is 5.97 Å². The highest BCUT2D eigenvalue weighted by molar-refractivity contribution is 5.89. The van der Waals surface area contributed by atoms with Crippen LogP contribution in [0.15, 0.2) is 24.3 Å². The molecule has 0 spiro atoms. The first kappa shape index (κ1) is 19.4. The quantitative estimate of drug-likeness (QED) is 0.771. The van der Waals surface area contributed by atoms with Gasteiger partial charge in [-0.15, -0.1) is 0 Å². The number of amides is 1. The molecule has 1 atom stereocenters. The van der Waals surface area contributed by atoms with Crippen molar-refractivity contribution in [3.63, 3.8) is 0 Å². The van der Waals surface area contributed by atoms with Crippen molar-refractivity contribution in [3.05, 3.63) is 35.4 Å². The molecule has 0 bridgehead atoms. The molecule has 2 rings (SSSR count). The van der Waals surface area contributed by atoms with Crippen LogP contribution in [-0.4, -0.2) is 42.0 Å². The predicted octanol–water partition coefficient (Wildman–Crippen LogP) is 2.99. The zero-order valence-corrected chi connectivity index (χ0v) is 15.8. The molecule has 1 heterocycles. The Morgan fingerprint density at radius 1 is 1.28 bits per heavy atom. The molecule has 1 aliphatic rings. The average Bonchev–Trinajstić information content (AvgIpc) is 2.95. The third-order valence-corrected chi connectivity index (χ3v) is 4.79. The molecule has 1 aliphatic heterocycles. The number of rotatable bonds is 7. The van der Waals surface area contributed by atoms with E-state index >= 15 is 0 Å². The van der Waals surface area contributed by atoms with Crippen LogP contribution in [0.5, 0.6) is 0 Å². The zero-order chi connectivity index (χ0) is 18.4. The first-order valence-corrected chi connectivity index (χ1v) is 9.16. The Hall–Kier alpha value is -1.88. The summed E-state index contributed by atoms with van der Waals surface area (Å²) in [5, 5.41) is 3.08.